The van der Waals surface area contributed by atoms with Crippen LogP contribution < -0.4 is 0 Å². The van der Waals surface area contributed by atoms with E-state index in [9.17, 15) is 0 Å². The third-order valence-corrected chi connectivity index (χ3v) is 9.94. The van der Waals surface area contributed by atoms with Crippen LogP contribution in [-0.4, -0.2) is 9.38 Å². The first-order valence-electron chi connectivity index (χ1n) is 16.8. The fourth-order valence-corrected chi connectivity index (χ4v) is 7.50. The van der Waals surface area contributed by atoms with Crippen LogP contribution in [0.25, 0.3) is 93.6 Å². The molecule has 0 aliphatic heterocycles. The molecule has 2 heterocycles. The number of rotatable bonds is 4. The third kappa shape index (κ3) is 4.53. The predicted octanol–water partition coefficient (Wildman–Crippen LogP) is 12.6. The predicted molar refractivity (Wildman–Crippen MR) is 207 cm³/mol. The first-order chi connectivity index (χ1) is 24.3. The van der Waals surface area contributed by atoms with Crippen molar-refractivity contribution >= 4 is 48.9 Å². The summed E-state index contributed by atoms with van der Waals surface area (Å²) in [5.74, 6) is 0. The topological polar surface area (TPSA) is 17.3 Å². The number of imidazole rings is 1. The summed E-state index contributed by atoms with van der Waals surface area (Å²) in [6.45, 7) is 0. The number of pyridine rings is 1. The molecule has 2 aromatic heterocycles. The van der Waals surface area contributed by atoms with Gasteiger partial charge in [0.25, 0.3) is 0 Å². The summed E-state index contributed by atoms with van der Waals surface area (Å²) in [5.41, 5.74) is 11.2. The van der Waals surface area contributed by atoms with E-state index < -0.39 is 0 Å². The molecule has 49 heavy (non-hydrogen) atoms. The molecule has 8 aromatic carbocycles. The Labute approximate surface area is 284 Å². The number of para-hydroxylation sites is 1. The third-order valence-electron chi connectivity index (χ3n) is 9.94. The number of hydrogen-bond acceptors (Lipinski definition) is 1. The Kier molecular flexibility index (Phi) is 6.22. The number of aromatic nitrogens is 2. The maximum atomic E-state index is 5.58. The molecule has 0 atom stereocenters. The van der Waals surface area contributed by atoms with Crippen LogP contribution in [0.5, 0.6) is 0 Å². The molecule has 0 N–H and O–H groups in total. The van der Waals surface area contributed by atoms with E-state index in [4.69, 9.17) is 4.98 Å². The molecule has 0 fully saturated rings. The number of benzene rings is 8. The molecule has 0 spiro atoms. The van der Waals surface area contributed by atoms with Gasteiger partial charge in [0.05, 0.1) is 16.9 Å². The molecule has 0 bridgehead atoms. The lowest BCUT2D eigenvalue weighted by atomic mass is 9.97. The fraction of sp³-hybridized carbons (Fsp3) is 0. The largest absolute Gasteiger partial charge is 0.291 e. The number of fused-ring (bicyclic) bond motifs is 8. The molecule has 0 amide bonds. The van der Waals surface area contributed by atoms with Crippen molar-refractivity contribution in [1.82, 2.24) is 9.38 Å². The van der Waals surface area contributed by atoms with Gasteiger partial charge in [0.2, 0.25) is 0 Å². The summed E-state index contributed by atoms with van der Waals surface area (Å²) >= 11 is 0. The fourth-order valence-electron chi connectivity index (χ4n) is 7.50. The number of hydrogen-bond donors (Lipinski definition) is 0. The van der Waals surface area contributed by atoms with Crippen LogP contribution in [0.1, 0.15) is 0 Å². The second-order valence-electron chi connectivity index (χ2n) is 12.8. The molecule has 0 saturated carbocycles. The first-order valence-corrected chi connectivity index (χ1v) is 16.8. The summed E-state index contributed by atoms with van der Waals surface area (Å²) in [6, 6.07) is 65.7. The van der Waals surface area contributed by atoms with Crippen LogP contribution in [-0.2, 0) is 0 Å². The standard InChI is InChI=1S/C47H30N2/c1-2-10-31(11-3-1)34-18-20-35(21-19-34)38-26-27-41-42-16-8-9-17-44(42)49-46(40-25-23-33-13-5-7-15-37(33)29-40)45(48-47(49)43(41)30-38)39-24-22-32-12-4-6-14-36(32)28-39/h1-30H. The zero-order valence-corrected chi connectivity index (χ0v) is 26.7. The van der Waals surface area contributed by atoms with E-state index in [0.29, 0.717) is 0 Å². The zero-order chi connectivity index (χ0) is 32.3. The number of nitrogens with zero attached hydrogens (tertiary/aromatic N) is 2. The Morgan fingerprint density at radius 3 is 1.59 bits per heavy atom. The van der Waals surface area contributed by atoms with Gasteiger partial charge in [-0.2, -0.15) is 0 Å². The second-order valence-corrected chi connectivity index (χ2v) is 12.8. The summed E-state index contributed by atoms with van der Waals surface area (Å²) in [4.78, 5) is 5.58. The van der Waals surface area contributed by atoms with Crippen molar-refractivity contribution in [3.63, 3.8) is 0 Å². The summed E-state index contributed by atoms with van der Waals surface area (Å²) in [7, 11) is 0. The van der Waals surface area contributed by atoms with Crippen LogP contribution in [0.4, 0.5) is 0 Å². The van der Waals surface area contributed by atoms with E-state index in [-0.39, 0.29) is 0 Å². The van der Waals surface area contributed by atoms with E-state index in [1.54, 1.807) is 0 Å². The first kappa shape index (κ1) is 27.6. The molecule has 0 aliphatic rings. The van der Waals surface area contributed by atoms with Crippen LogP contribution in [0.2, 0.25) is 0 Å². The van der Waals surface area contributed by atoms with Gasteiger partial charge in [-0.15, -0.1) is 0 Å². The van der Waals surface area contributed by atoms with Gasteiger partial charge in [-0.1, -0.05) is 158 Å². The molecule has 228 valence electrons. The van der Waals surface area contributed by atoms with E-state index in [1.807, 2.05) is 0 Å². The summed E-state index contributed by atoms with van der Waals surface area (Å²) in [5, 5.41) is 8.42. The van der Waals surface area contributed by atoms with Gasteiger partial charge in [-0.3, -0.25) is 4.40 Å². The minimum Gasteiger partial charge on any atom is -0.291 e. The van der Waals surface area contributed by atoms with E-state index in [0.717, 1.165) is 39.1 Å². The monoisotopic (exact) mass is 622 g/mol. The highest BCUT2D eigenvalue weighted by molar-refractivity contribution is 6.14. The molecule has 2 nitrogen and oxygen atoms in total. The van der Waals surface area contributed by atoms with Gasteiger partial charge in [0.1, 0.15) is 5.65 Å². The molecule has 10 rings (SSSR count). The van der Waals surface area contributed by atoms with Crippen LogP contribution >= 0.6 is 0 Å². The molecule has 0 aliphatic carbocycles. The van der Waals surface area contributed by atoms with Crippen LogP contribution in [0.15, 0.2) is 182 Å². The lowest BCUT2D eigenvalue weighted by Gasteiger charge is -2.13. The van der Waals surface area contributed by atoms with Crippen molar-refractivity contribution < 1.29 is 0 Å². The highest BCUT2D eigenvalue weighted by Gasteiger charge is 2.21. The maximum Gasteiger partial charge on any atom is 0.146 e. The SMILES string of the molecule is c1ccc(-c2ccc(-c3ccc4c5ccccc5n5c(-c6ccc7ccccc7c6)c(-c6ccc7ccccc7c6)nc5c4c3)cc2)cc1. The van der Waals surface area contributed by atoms with E-state index >= 15 is 0 Å². The Morgan fingerprint density at radius 2 is 0.857 bits per heavy atom. The Balaban J connectivity index is 1.27. The highest BCUT2D eigenvalue weighted by atomic mass is 15.0. The summed E-state index contributed by atoms with van der Waals surface area (Å²) < 4.78 is 2.40. The quantitative estimate of drug-likeness (QED) is 0.179. The van der Waals surface area contributed by atoms with Crippen molar-refractivity contribution in [2.45, 2.75) is 0 Å². The van der Waals surface area contributed by atoms with Gasteiger partial charge in [0, 0.05) is 21.9 Å². The van der Waals surface area contributed by atoms with Crippen LogP contribution in [0, 0.1) is 0 Å². The molecule has 0 unspecified atom stereocenters. The van der Waals surface area contributed by atoms with Gasteiger partial charge in [-0.25, -0.2) is 4.98 Å². The van der Waals surface area contributed by atoms with Crippen molar-refractivity contribution in [3.8, 4) is 44.8 Å². The average molecular weight is 623 g/mol. The van der Waals surface area contributed by atoms with E-state index in [1.165, 1.54) is 54.6 Å². The normalized spacial score (nSPS) is 11.7. The van der Waals surface area contributed by atoms with Gasteiger partial charge in [0.15, 0.2) is 0 Å². The van der Waals surface area contributed by atoms with Crippen LogP contribution in [0.3, 0.4) is 0 Å². The van der Waals surface area contributed by atoms with Crippen molar-refractivity contribution in [2.24, 2.45) is 0 Å². The average Bonchev–Trinajstić information content (AvgIpc) is 3.59. The molecular formula is C47H30N2. The Morgan fingerprint density at radius 1 is 0.327 bits per heavy atom. The summed E-state index contributed by atoms with van der Waals surface area (Å²) in [6.07, 6.45) is 0. The minimum atomic E-state index is 0.961. The smallest absolute Gasteiger partial charge is 0.146 e. The molecule has 0 radical (unpaired) electrons. The molecule has 2 heteroatoms. The lowest BCUT2D eigenvalue weighted by Crippen LogP contribution is -1.95. The second kappa shape index (κ2) is 11.0. The van der Waals surface area contributed by atoms with Crippen molar-refractivity contribution in [2.75, 3.05) is 0 Å². The van der Waals surface area contributed by atoms with Crippen molar-refractivity contribution in [1.29, 1.82) is 0 Å². The molecule has 10 aromatic rings. The van der Waals surface area contributed by atoms with Crippen molar-refractivity contribution in [3.05, 3.63) is 182 Å². The zero-order valence-electron chi connectivity index (χ0n) is 26.7. The molecule has 0 saturated heterocycles. The Bertz CT molecular complexity index is 2860. The highest BCUT2D eigenvalue weighted by Crippen LogP contribution is 2.41. The van der Waals surface area contributed by atoms with E-state index in [2.05, 4.69) is 186 Å². The Hall–Kier alpha value is -6.51. The maximum absolute atomic E-state index is 5.58. The van der Waals surface area contributed by atoms with Gasteiger partial charge < -0.3 is 0 Å². The van der Waals surface area contributed by atoms with Gasteiger partial charge >= 0.3 is 0 Å². The minimum absolute atomic E-state index is 0.961. The van der Waals surface area contributed by atoms with Gasteiger partial charge in [-0.05, 0) is 73.5 Å². The lowest BCUT2D eigenvalue weighted by molar-refractivity contribution is 1.27. The molecular weight excluding hydrogens is 593 g/mol.